The fourth-order valence-corrected chi connectivity index (χ4v) is 8.55. The van der Waals surface area contributed by atoms with Crippen molar-refractivity contribution in [1.82, 2.24) is 9.13 Å². The van der Waals surface area contributed by atoms with Crippen molar-refractivity contribution >= 4 is 43.6 Å². The van der Waals surface area contributed by atoms with E-state index in [1.165, 1.54) is 12.1 Å². The van der Waals surface area contributed by atoms with Crippen molar-refractivity contribution < 1.29 is 26.3 Å². The number of hydrogen-bond donors (Lipinski definition) is 0. The average Bonchev–Trinajstić information content (AvgIpc) is 3.67. The standard InChI is InChI=1S/C49H33F6N3/c1-27-11-16-40-33(21-27)34-22-28(2)12-17-41(34)57(40)44-20-15-31(47-38(48(50,51)52)8-6-9-39(47)49(53,54)55)25-37(44)46-32(26-56)7-5-10-45(46)58-42-18-13-29(3)23-35(42)36-24-30(4)14-19-43(36)58/h5-25H,1-4H3. The van der Waals surface area contributed by atoms with Gasteiger partial charge >= 0.3 is 12.4 Å². The van der Waals surface area contributed by atoms with Gasteiger partial charge in [0.25, 0.3) is 0 Å². The molecule has 7 aromatic carbocycles. The molecule has 0 N–H and O–H groups in total. The van der Waals surface area contributed by atoms with Crippen molar-refractivity contribution in [2.75, 3.05) is 0 Å². The number of aryl methyl sites for hydroxylation is 4. The van der Waals surface area contributed by atoms with Crippen LogP contribution in [0.5, 0.6) is 0 Å². The zero-order valence-corrected chi connectivity index (χ0v) is 31.7. The Labute approximate surface area is 329 Å². The van der Waals surface area contributed by atoms with Crippen LogP contribution in [0.25, 0.3) is 77.2 Å². The summed E-state index contributed by atoms with van der Waals surface area (Å²) < 4.78 is 92.5. The maximum atomic E-state index is 14.7. The molecule has 286 valence electrons. The normalized spacial score (nSPS) is 12.3. The molecule has 0 aliphatic heterocycles. The fraction of sp³-hybridized carbons (Fsp3) is 0.122. The third-order valence-electron chi connectivity index (χ3n) is 11.0. The van der Waals surface area contributed by atoms with Gasteiger partial charge in [0.1, 0.15) is 0 Å². The number of hydrogen-bond acceptors (Lipinski definition) is 1. The number of rotatable bonds is 4. The third-order valence-corrected chi connectivity index (χ3v) is 11.0. The van der Waals surface area contributed by atoms with Crippen molar-refractivity contribution in [3.05, 3.63) is 166 Å². The molecule has 9 aromatic rings. The van der Waals surface area contributed by atoms with Crippen LogP contribution < -0.4 is 0 Å². The number of nitrogens with zero attached hydrogens (tertiary/aromatic N) is 3. The van der Waals surface area contributed by atoms with Crippen LogP contribution in [-0.4, -0.2) is 9.13 Å². The first-order valence-corrected chi connectivity index (χ1v) is 18.6. The van der Waals surface area contributed by atoms with E-state index in [2.05, 4.69) is 30.3 Å². The number of nitriles is 1. The van der Waals surface area contributed by atoms with Crippen LogP contribution in [0.4, 0.5) is 26.3 Å². The molecule has 0 atom stereocenters. The number of fused-ring (bicyclic) bond motifs is 6. The van der Waals surface area contributed by atoms with Gasteiger partial charge in [-0.05, 0) is 118 Å². The fourth-order valence-electron chi connectivity index (χ4n) is 8.55. The van der Waals surface area contributed by atoms with E-state index in [4.69, 9.17) is 0 Å². The van der Waals surface area contributed by atoms with Crippen LogP contribution in [0.15, 0.2) is 127 Å². The second-order valence-corrected chi connectivity index (χ2v) is 15.0. The number of alkyl halides is 6. The van der Waals surface area contributed by atoms with Crippen molar-refractivity contribution in [2.24, 2.45) is 0 Å². The minimum atomic E-state index is -5.10. The van der Waals surface area contributed by atoms with Crippen LogP contribution in [-0.2, 0) is 12.4 Å². The summed E-state index contributed by atoms with van der Waals surface area (Å²) in [7, 11) is 0. The highest BCUT2D eigenvalue weighted by Crippen LogP contribution is 2.48. The van der Waals surface area contributed by atoms with Crippen LogP contribution in [0.1, 0.15) is 38.9 Å². The molecule has 0 saturated heterocycles. The first kappa shape index (κ1) is 36.8. The third kappa shape index (κ3) is 5.82. The van der Waals surface area contributed by atoms with E-state index in [1.807, 2.05) is 91.4 Å². The first-order valence-electron chi connectivity index (χ1n) is 18.6. The summed E-state index contributed by atoms with van der Waals surface area (Å²) in [5, 5.41) is 14.6. The highest BCUT2D eigenvalue weighted by atomic mass is 19.4. The zero-order chi connectivity index (χ0) is 40.8. The van der Waals surface area contributed by atoms with Crippen molar-refractivity contribution in [3.63, 3.8) is 0 Å². The Bertz CT molecular complexity index is 3060. The van der Waals surface area contributed by atoms with E-state index >= 15 is 0 Å². The molecule has 0 amide bonds. The maximum absolute atomic E-state index is 14.7. The molecule has 9 rings (SSSR count). The number of halogens is 6. The Morgan fingerprint density at radius 2 is 0.862 bits per heavy atom. The van der Waals surface area contributed by atoms with Crippen molar-refractivity contribution in [1.29, 1.82) is 5.26 Å². The molecule has 0 fully saturated rings. The predicted octanol–water partition coefficient (Wildman–Crippen LogP) is 14.4. The van der Waals surface area contributed by atoms with E-state index in [0.29, 0.717) is 29.1 Å². The van der Waals surface area contributed by atoms with E-state index in [9.17, 15) is 31.6 Å². The van der Waals surface area contributed by atoms with Gasteiger partial charge in [-0.15, -0.1) is 0 Å². The topological polar surface area (TPSA) is 33.6 Å². The van der Waals surface area contributed by atoms with Gasteiger partial charge in [-0.25, -0.2) is 0 Å². The lowest BCUT2D eigenvalue weighted by molar-refractivity contribution is -0.142. The van der Waals surface area contributed by atoms with Crippen LogP contribution in [0.3, 0.4) is 0 Å². The van der Waals surface area contributed by atoms with E-state index in [1.54, 1.807) is 18.2 Å². The molecule has 0 saturated carbocycles. The molecule has 0 spiro atoms. The van der Waals surface area contributed by atoms with Gasteiger partial charge in [0.15, 0.2) is 0 Å². The van der Waals surface area contributed by atoms with Gasteiger partial charge in [-0.1, -0.05) is 64.7 Å². The van der Waals surface area contributed by atoms with Gasteiger partial charge in [-0.2, -0.15) is 31.6 Å². The molecule has 0 unspecified atom stereocenters. The quantitative estimate of drug-likeness (QED) is 0.164. The summed E-state index contributed by atoms with van der Waals surface area (Å²) in [4.78, 5) is 0. The summed E-state index contributed by atoms with van der Waals surface area (Å²) in [6.07, 6.45) is -10.2. The lowest BCUT2D eigenvalue weighted by Gasteiger charge is -2.23. The van der Waals surface area contributed by atoms with Crippen LogP contribution in [0.2, 0.25) is 0 Å². The molecule has 9 heteroatoms. The molecule has 58 heavy (non-hydrogen) atoms. The van der Waals surface area contributed by atoms with Crippen LogP contribution in [0, 0.1) is 39.0 Å². The Morgan fingerprint density at radius 3 is 1.28 bits per heavy atom. The summed E-state index contributed by atoms with van der Waals surface area (Å²) in [5.41, 5.74) is 5.06. The van der Waals surface area contributed by atoms with Gasteiger partial charge in [-0.3, -0.25) is 0 Å². The summed E-state index contributed by atoms with van der Waals surface area (Å²) in [6.45, 7) is 7.97. The smallest absolute Gasteiger partial charge is 0.309 e. The molecule has 2 heterocycles. The Morgan fingerprint density at radius 1 is 0.448 bits per heavy atom. The van der Waals surface area contributed by atoms with Crippen molar-refractivity contribution in [2.45, 2.75) is 40.0 Å². The molecule has 2 aromatic heterocycles. The van der Waals surface area contributed by atoms with E-state index in [-0.39, 0.29) is 16.7 Å². The van der Waals surface area contributed by atoms with Gasteiger partial charge in [0, 0.05) is 38.2 Å². The van der Waals surface area contributed by atoms with Gasteiger partial charge in [0.2, 0.25) is 0 Å². The Kier molecular flexibility index (Phi) is 8.34. The molecular weight excluding hydrogens is 745 g/mol. The number of aromatic nitrogens is 2. The van der Waals surface area contributed by atoms with Gasteiger partial charge in [0.05, 0.1) is 56.2 Å². The maximum Gasteiger partial charge on any atom is 0.417 e. The minimum absolute atomic E-state index is 0.192. The minimum Gasteiger partial charge on any atom is -0.309 e. The highest BCUT2D eigenvalue weighted by Gasteiger charge is 2.41. The second-order valence-electron chi connectivity index (χ2n) is 15.0. The van der Waals surface area contributed by atoms with Crippen LogP contribution >= 0.6 is 0 Å². The van der Waals surface area contributed by atoms with Crippen molar-refractivity contribution in [3.8, 4) is 39.7 Å². The molecule has 0 bridgehead atoms. The second kappa shape index (κ2) is 13.1. The SMILES string of the molecule is Cc1ccc2c(c1)c1cc(C)ccc1n2-c1ccc(-c2c(C(F)(F)F)cccc2C(F)(F)F)cc1-c1c(C#N)cccc1-n1c2ccc(C)cc2c2cc(C)ccc21. The van der Waals surface area contributed by atoms with E-state index < -0.39 is 29.0 Å². The largest absolute Gasteiger partial charge is 0.417 e. The summed E-state index contributed by atoms with van der Waals surface area (Å²) in [5.74, 6) is 0. The highest BCUT2D eigenvalue weighted by molar-refractivity contribution is 6.12. The molecule has 0 aliphatic rings. The number of benzene rings is 7. The summed E-state index contributed by atoms with van der Waals surface area (Å²) in [6, 6.07) is 38.0. The molecule has 3 nitrogen and oxygen atoms in total. The first-order chi connectivity index (χ1) is 27.6. The molecule has 0 aliphatic carbocycles. The average molecular weight is 778 g/mol. The molecule has 0 radical (unpaired) electrons. The lowest BCUT2D eigenvalue weighted by Crippen LogP contribution is -2.14. The predicted molar refractivity (Wildman–Crippen MR) is 220 cm³/mol. The summed E-state index contributed by atoms with van der Waals surface area (Å²) >= 11 is 0. The van der Waals surface area contributed by atoms with Gasteiger partial charge < -0.3 is 9.13 Å². The Balaban J connectivity index is 1.48. The zero-order valence-electron chi connectivity index (χ0n) is 31.7. The lowest BCUT2D eigenvalue weighted by atomic mass is 9.89. The monoisotopic (exact) mass is 777 g/mol. The molecular formula is C49H33F6N3. The Hall–Kier alpha value is -6.79. The van der Waals surface area contributed by atoms with E-state index in [0.717, 1.165) is 71.9 Å².